The highest BCUT2D eigenvalue weighted by Gasteiger charge is 2.19. The average molecular weight is 215 g/mol. The molecule has 0 aliphatic carbocycles. The molecule has 0 bridgehead atoms. The van der Waals surface area contributed by atoms with Gasteiger partial charge in [-0.3, -0.25) is 0 Å². The molecule has 1 unspecified atom stereocenters. The number of nitrogens with one attached hydrogen (secondary N) is 1. The van der Waals surface area contributed by atoms with Gasteiger partial charge in [-0.15, -0.1) is 5.10 Å². The number of H-pyrrole nitrogens is 1. The molecule has 1 aromatic heterocycles. The number of rotatable bonds is 4. The lowest BCUT2D eigenvalue weighted by Gasteiger charge is -2.04. The van der Waals surface area contributed by atoms with Crippen LogP contribution in [-0.2, 0) is 16.0 Å². The normalized spacial score (nSPS) is 12.1. The van der Waals surface area contributed by atoms with E-state index in [9.17, 15) is 20.0 Å². The van der Waals surface area contributed by atoms with Gasteiger partial charge in [-0.05, 0) is 4.92 Å². The van der Waals surface area contributed by atoms with Crippen molar-refractivity contribution in [2.24, 2.45) is 0 Å². The van der Waals surface area contributed by atoms with Gasteiger partial charge in [0.15, 0.2) is 6.10 Å². The van der Waals surface area contributed by atoms with Crippen LogP contribution in [0.4, 0.5) is 5.82 Å². The number of aliphatic hydroxyl groups is 1. The van der Waals surface area contributed by atoms with E-state index < -0.39 is 17.0 Å². The third-order valence-electron chi connectivity index (χ3n) is 1.69. The lowest BCUT2D eigenvalue weighted by Crippen LogP contribution is -2.24. The van der Waals surface area contributed by atoms with E-state index in [4.69, 9.17) is 0 Å². The molecule has 15 heavy (non-hydrogen) atoms. The third-order valence-corrected chi connectivity index (χ3v) is 1.69. The lowest BCUT2D eigenvalue weighted by atomic mass is 10.2. The van der Waals surface area contributed by atoms with Crippen molar-refractivity contribution >= 4 is 11.8 Å². The van der Waals surface area contributed by atoms with Crippen LogP contribution in [0.2, 0.25) is 0 Å². The number of hydrogen-bond acceptors (Lipinski definition) is 6. The summed E-state index contributed by atoms with van der Waals surface area (Å²) in [6.45, 7) is 0. The molecule has 1 aromatic rings. The van der Waals surface area contributed by atoms with Crippen molar-refractivity contribution < 1.29 is 19.6 Å². The molecule has 1 atom stereocenters. The number of nitrogens with zero attached hydrogens (tertiary/aromatic N) is 2. The maximum atomic E-state index is 10.8. The molecule has 2 N–H and O–H groups in total. The second-order valence-corrected chi connectivity index (χ2v) is 2.74. The second-order valence-electron chi connectivity index (χ2n) is 2.74. The van der Waals surface area contributed by atoms with Gasteiger partial charge in [0.25, 0.3) is 0 Å². The summed E-state index contributed by atoms with van der Waals surface area (Å²) in [4.78, 5) is 20.4. The van der Waals surface area contributed by atoms with Crippen LogP contribution in [0.25, 0.3) is 0 Å². The highest BCUT2D eigenvalue weighted by atomic mass is 16.6. The fourth-order valence-corrected chi connectivity index (χ4v) is 0.967. The van der Waals surface area contributed by atoms with Crippen molar-refractivity contribution in [3.8, 4) is 0 Å². The summed E-state index contributed by atoms with van der Waals surface area (Å²) in [6.07, 6.45) is -1.49. The van der Waals surface area contributed by atoms with Crippen LogP contribution in [-0.4, -0.2) is 39.4 Å². The summed E-state index contributed by atoms with van der Waals surface area (Å²) in [5.74, 6) is -1.09. The van der Waals surface area contributed by atoms with E-state index in [-0.39, 0.29) is 17.9 Å². The highest BCUT2D eigenvalue weighted by Crippen LogP contribution is 2.09. The van der Waals surface area contributed by atoms with Gasteiger partial charge in [0, 0.05) is 6.42 Å². The fraction of sp³-hybridized carbons (Fsp3) is 0.429. The molecule has 1 heterocycles. The van der Waals surface area contributed by atoms with Crippen molar-refractivity contribution in [2.75, 3.05) is 7.11 Å². The topological polar surface area (TPSA) is 118 Å². The summed E-state index contributed by atoms with van der Waals surface area (Å²) in [5, 5.41) is 25.2. The zero-order valence-corrected chi connectivity index (χ0v) is 7.84. The van der Waals surface area contributed by atoms with E-state index in [1.165, 1.54) is 0 Å². The largest absolute Gasteiger partial charge is 0.467 e. The van der Waals surface area contributed by atoms with Gasteiger partial charge in [0.05, 0.1) is 18.9 Å². The van der Waals surface area contributed by atoms with E-state index in [0.29, 0.717) is 0 Å². The van der Waals surface area contributed by atoms with Crippen LogP contribution in [0, 0.1) is 10.1 Å². The summed E-state index contributed by atoms with van der Waals surface area (Å²) < 4.78 is 4.28. The van der Waals surface area contributed by atoms with Crippen LogP contribution in [0.1, 0.15) is 5.69 Å². The zero-order chi connectivity index (χ0) is 11.4. The summed E-state index contributed by atoms with van der Waals surface area (Å²) >= 11 is 0. The minimum absolute atomic E-state index is 0.128. The first-order chi connectivity index (χ1) is 7.04. The summed E-state index contributed by atoms with van der Waals surface area (Å²) in [5.41, 5.74) is 0.222. The number of nitro groups is 1. The first-order valence-electron chi connectivity index (χ1n) is 3.99. The van der Waals surface area contributed by atoms with Crippen LogP contribution >= 0.6 is 0 Å². The number of carbonyl (C=O) groups is 1. The molecule has 0 fully saturated rings. The molecule has 82 valence electrons. The Morgan fingerprint density at radius 2 is 2.53 bits per heavy atom. The Kier molecular flexibility index (Phi) is 3.34. The molecule has 0 saturated heterocycles. The van der Waals surface area contributed by atoms with Crippen molar-refractivity contribution in [3.05, 3.63) is 21.9 Å². The first kappa shape index (κ1) is 11.1. The highest BCUT2D eigenvalue weighted by molar-refractivity contribution is 5.74. The van der Waals surface area contributed by atoms with Gasteiger partial charge in [0.1, 0.15) is 0 Å². The van der Waals surface area contributed by atoms with Crippen molar-refractivity contribution in [1.82, 2.24) is 10.2 Å². The smallest absolute Gasteiger partial charge is 0.342 e. The molecule has 0 radical (unpaired) electrons. The van der Waals surface area contributed by atoms with Gasteiger partial charge < -0.3 is 20.0 Å². The Hall–Kier alpha value is -1.96. The number of carbonyl (C=O) groups excluding carboxylic acids is 1. The van der Waals surface area contributed by atoms with Gasteiger partial charge in [-0.2, -0.15) is 0 Å². The van der Waals surface area contributed by atoms with Crippen LogP contribution in [0.15, 0.2) is 6.07 Å². The molecule has 1 rings (SSSR count). The quantitative estimate of drug-likeness (QED) is 0.393. The predicted octanol–water partition coefficient (Wildman–Crippen LogP) is -0.606. The SMILES string of the molecule is COC(=O)C(O)Cc1cc([N+](=O)[O-])[nH]n1. The van der Waals surface area contributed by atoms with Gasteiger partial charge in [-0.1, -0.05) is 5.10 Å². The third kappa shape index (κ3) is 2.74. The van der Waals surface area contributed by atoms with Crippen molar-refractivity contribution in [3.63, 3.8) is 0 Å². The van der Waals surface area contributed by atoms with E-state index in [1.807, 2.05) is 0 Å². The lowest BCUT2D eigenvalue weighted by molar-refractivity contribution is -0.389. The molecular weight excluding hydrogens is 206 g/mol. The number of methoxy groups -OCH3 is 1. The average Bonchev–Trinajstić information content (AvgIpc) is 2.65. The molecule has 0 saturated carbocycles. The fourth-order valence-electron chi connectivity index (χ4n) is 0.967. The zero-order valence-electron chi connectivity index (χ0n) is 7.84. The molecule has 0 spiro atoms. The summed E-state index contributed by atoms with van der Waals surface area (Å²) in [7, 11) is 1.14. The van der Waals surface area contributed by atoms with E-state index in [1.54, 1.807) is 0 Å². The Labute approximate surface area is 84.0 Å². The molecular formula is C7H9N3O5. The minimum Gasteiger partial charge on any atom is -0.467 e. The maximum absolute atomic E-state index is 10.8. The molecule has 8 heteroatoms. The first-order valence-corrected chi connectivity index (χ1v) is 3.99. The Balaban J connectivity index is 2.65. The molecule has 0 amide bonds. The maximum Gasteiger partial charge on any atom is 0.342 e. The van der Waals surface area contributed by atoms with Crippen molar-refractivity contribution in [1.29, 1.82) is 0 Å². The number of aromatic nitrogens is 2. The number of hydrogen-bond donors (Lipinski definition) is 2. The van der Waals surface area contributed by atoms with E-state index >= 15 is 0 Å². The van der Waals surface area contributed by atoms with Crippen LogP contribution in [0.3, 0.4) is 0 Å². The molecule has 0 aliphatic rings. The van der Waals surface area contributed by atoms with Gasteiger partial charge >= 0.3 is 11.8 Å². The number of aliphatic hydroxyl groups excluding tert-OH is 1. The van der Waals surface area contributed by atoms with Gasteiger partial charge in [-0.25, -0.2) is 4.79 Å². The number of aromatic amines is 1. The number of esters is 1. The molecule has 8 nitrogen and oxygen atoms in total. The standard InChI is InChI=1S/C7H9N3O5/c1-15-7(12)5(11)2-4-3-6(9-8-4)10(13)14/h3,5,11H,2H2,1H3,(H,8,9). The van der Waals surface area contributed by atoms with Crippen molar-refractivity contribution in [2.45, 2.75) is 12.5 Å². The van der Waals surface area contributed by atoms with E-state index in [2.05, 4.69) is 14.9 Å². The number of ether oxygens (including phenoxy) is 1. The molecule has 0 aliphatic heterocycles. The van der Waals surface area contributed by atoms with Crippen LogP contribution in [0.5, 0.6) is 0 Å². The Bertz CT molecular complexity index is 374. The van der Waals surface area contributed by atoms with Gasteiger partial charge in [0.2, 0.25) is 0 Å². The molecule has 0 aromatic carbocycles. The van der Waals surface area contributed by atoms with Crippen LogP contribution < -0.4 is 0 Å². The second kappa shape index (κ2) is 4.51. The Morgan fingerprint density at radius 3 is 3.00 bits per heavy atom. The predicted molar refractivity (Wildman–Crippen MR) is 47.0 cm³/mol. The summed E-state index contributed by atoms with van der Waals surface area (Å²) in [6, 6.07) is 1.14. The minimum atomic E-state index is -1.36. The van der Waals surface area contributed by atoms with E-state index in [0.717, 1.165) is 13.2 Å². The Morgan fingerprint density at radius 1 is 1.87 bits per heavy atom. The monoisotopic (exact) mass is 215 g/mol.